The minimum atomic E-state index is -0.0541. The highest BCUT2D eigenvalue weighted by molar-refractivity contribution is 5.83. The molecule has 0 spiro atoms. The summed E-state index contributed by atoms with van der Waals surface area (Å²) in [4.78, 5) is 15.1. The number of hydrogen-bond acceptors (Lipinski definition) is 2. The zero-order valence-electron chi connectivity index (χ0n) is 12.9. The number of nitrogens with one attached hydrogen (secondary N) is 1. The van der Waals surface area contributed by atoms with Gasteiger partial charge in [-0.3, -0.25) is 4.79 Å². The lowest BCUT2D eigenvalue weighted by atomic mass is 9.73. The van der Waals surface area contributed by atoms with Gasteiger partial charge in [-0.1, -0.05) is 27.2 Å². The van der Waals surface area contributed by atoms with Crippen LogP contribution >= 0.6 is 0 Å². The van der Waals surface area contributed by atoms with Crippen LogP contribution in [0, 0.1) is 10.8 Å². The Bertz CT molecular complexity index is 303. The standard InChI is InChI=1S/C16H30N2O/c1-4-5-16(6-10-17-11-7-16)14(19)18-12-8-15(2,3)9-13-18/h17H,4-13H2,1-3H3. The molecule has 3 nitrogen and oxygen atoms in total. The average Bonchev–Trinajstić information content (AvgIpc) is 2.39. The van der Waals surface area contributed by atoms with Crippen LogP contribution in [0.2, 0.25) is 0 Å². The predicted octanol–water partition coefficient (Wildman–Crippen LogP) is 2.80. The first-order chi connectivity index (χ1) is 8.99. The molecular weight excluding hydrogens is 236 g/mol. The molecule has 3 heteroatoms. The van der Waals surface area contributed by atoms with Crippen LogP contribution in [0.3, 0.4) is 0 Å². The van der Waals surface area contributed by atoms with Crippen LogP contribution in [0.15, 0.2) is 0 Å². The molecule has 0 unspecified atom stereocenters. The number of carbonyl (C=O) groups is 1. The maximum atomic E-state index is 13.0. The SMILES string of the molecule is CCCC1(C(=O)N2CCC(C)(C)CC2)CCNCC1. The van der Waals surface area contributed by atoms with Crippen LogP contribution in [-0.4, -0.2) is 37.0 Å². The van der Waals surface area contributed by atoms with Gasteiger partial charge < -0.3 is 10.2 Å². The monoisotopic (exact) mass is 266 g/mol. The zero-order chi connectivity index (χ0) is 13.9. The summed E-state index contributed by atoms with van der Waals surface area (Å²) in [7, 11) is 0. The fourth-order valence-corrected chi connectivity index (χ4v) is 3.61. The Morgan fingerprint density at radius 2 is 1.68 bits per heavy atom. The normalized spacial score (nSPS) is 26.2. The second-order valence-electron chi connectivity index (χ2n) is 7.24. The molecule has 2 aliphatic heterocycles. The lowest BCUT2D eigenvalue weighted by Crippen LogP contribution is -2.52. The number of carbonyl (C=O) groups excluding carboxylic acids is 1. The molecule has 0 radical (unpaired) electrons. The Balaban J connectivity index is 2.03. The lowest BCUT2D eigenvalue weighted by Gasteiger charge is -2.44. The Hall–Kier alpha value is -0.570. The van der Waals surface area contributed by atoms with Gasteiger partial charge >= 0.3 is 0 Å². The van der Waals surface area contributed by atoms with Crippen molar-refractivity contribution in [3.8, 4) is 0 Å². The molecule has 0 saturated carbocycles. The van der Waals surface area contributed by atoms with E-state index >= 15 is 0 Å². The number of rotatable bonds is 3. The van der Waals surface area contributed by atoms with Crippen molar-refractivity contribution in [3.63, 3.8) is 0 Å². The van der Waals surface area contributed by atoms with E-state index in [0.717, 1.165) is 64.7 Å². The Morgan fingerprint density at radius 3 is 2.21 bits per heavy atom. The number of piperidine rings is 2. The Kier molecular flexibility index (Phi) is 4.54. The average molecular weight is 266 g/mol. The van der Waals surface area contributed by atoms with E-state index < -0.39 is 0 Å². The predicted molar refractivity (Wildman–Crippen MR) is 79.0 cm³/mol. The van der Waals surface area contributed by atoms with Crippen molar-refractivity contribution < 1.29 is 4.79 Å². The van der Waals surface area contributed by atoms with Gasteiger partial charge in [-0.05, 0) is 50.6 Å². The van der Waals surface area contributed by atoms with E-state index in [0.29, 0.717) is 11.3 Å². The summed E-state index contributed by atoms with van der Waals surface area (Å²) in [5.41, 5.74) is 0.365. The zero-order valence-corrected chi connectivity index (χ0v) is 12.9. The third-order valence-corrected chi connectivity index (χ3v) is 5.15. The van der Waals surface area contributed by atoms with Gasteiger partial charge in [-0.2, -0.15) is 0 Å². The number of likely N-dealkylation sites (tertiary alicyclic amines) is 1. The van der Waals surface area contributed by atoms with Crippen LogP contribution in [0.25, 0.3) is 0 Å². The molecule has 2 aliphatic rings. The Labute approximate surface area is 118 Å². The minimum Gasteiger partial charge on any atom is -0.342 e. The molecule has 1 amide bonds. The maximum Gasteiger partial charge on any atom is 0.228 e. The van der Waals surface area contributed by atoms with Gasteiger partial charge in [0.15, 0.2) is 0 Å². The first-order valence-electron chi connectivity index (χ1n) is 7.99. The molecule has 0 bridgehead atoms. The topological polar surface area (TPSA) is 32.3 Å². The van der Waals surface area contributed by atoms with Crippen molar-refractivity contribution in [1.29, 1.82) is 0 Å². The van der Waals surface area contributed by atoms with Crippen molar-refractivity contribution in [2.45, 2.75) is 59.3 Å². The summed E-state index contributed by atoms with van der Waals surface area (Å²) in [5.74, 6) is 0.450. The molecule has 2 fully saturated rings. The lowest BCUT2D eigenvalue weighted by molar-refractivity contribution is -0.146. The summed E-state index contributed by atoms with van der Waals surface area (Å²) in [5, 5.41) is 3.40. The molecule has 0 atom stereocenters. The van der Waals surface area contributed by atoms with E-state index in [4.69, 9.17) is 0 Å². The molecule has 0 aliphatic carbocycles. The summed E-state index contributed by atoms with van der Waals surface area (Å²) in [6, 6.07) is 0. The largest absolute Gasteiger partial charge is 0.342 e. The summed E-state index contributed by atoms with van der Waals surface area (Å²) in [6.07, 6.45) is 6.54. The highest BCUT2D eigenvalue weighted by Crippen LogP contribution is 2.38. The van der Waals surface area contributed by atoms with Crippen molar-refractivity contribution in [2.24, 2.45) is 10.8 Å². The minimum absolute atomic E-state index is 0.0541. The molecule has 0 aromatic rings. The van der Waals surface area contributed by atoms with Crippen LogP contribution in [-0.2, 0) is 4.79 Å². The number of amides is 1. The molecule has 2 saturated heterocycles. The third-order valence-electron chi connectivity index (χ3n) is 5.15. The quantitative estimate of drug-likeness (QED) is 0.852. The van der Waals surface area contributed by atoms with E-state index in [1.807, 2.05) is 0 Å². The van der Waals surface area contributed by atoms with E-state index in [1.54, 1.807) is 0 Å². The van der Waals surface area contributed by atoms with Crippen LogP contribution < -0.4 is 5.32 Å². The first kappa shape index (κ1) is 14.8. The first-order valence-corrected chi connectivity index (χ1v) is 7.99. The van der Waals surface area contributed by atoms with Gasteiger partial charge in [-0.25, -0.2) is 0 Å². The van der Waals surface area contributed by atoms with Gasteiger partial charge in [0.25, 0.3) is 0 Å². The highest BCUT2D eigenvalue weighted by atomic mass is 16.2. The molecule has 1 N–H and O–H groups in total. The van der Waals surface area contributed by atoms with E-state index in [9.17, 15) is 4.79 Å². The van der Waals surface area contributed by atoms with Crippen molar-refractivity contribution in [2.75, 3.05) is 26.2 Å². The van der Waals surface area contributed by atoms with Crippen LogP contribution in [0.4, 0.5) is 0 Å². The molecular formula is C16H30N2O. The van der Waals surface area contributed by atoms with E-state index in [2.05, 4.69) is 31.0 Å². The Morgan fingerprint density at radius 1 is 1.11 bits per heavy atom. The molecule has 110 valence electrons. The second-order valence-corrected chi connectivity index (χ2v) is 7.24. The van der Waals surface area contributed by atoms with Gasteiger partial charge in [0.2, 0.25) is 5.91 Å². The third kappa shape index (κ3) is 3.31. The molecule has 0 aromatic heterocycles. The summed E-state index contributed by atoms with van der Waals surface area (Å²) >= 11 is 0. The molecule has 0 aromatic carbocycles. The summed E-state index contributed by atoms with van der Waals surface area (Å²) in [6.45, 7) is 10.8. The highest BCUT2D eigenvalue weighted by Gasteiger charge is 2.42. The van der Waals surface area contributed by atoms with Gasteiger partial charge in [0.05, 0.1) is 5.41 Å². The van der Waals surface area contributed by atoms with Gasteiger partial charge in [0, 0.05) is 13.1 Å². The summed E-state index contributed by atoms with van der Waals surface area (Å²) < 4.78 is 0. The molecule has 2 rings (SSSR count). The van der Waals surface area contributed by atoms with Crippen LogP contribution in [0.1, 0.15) is 59.3 Å². The van der Waals surface area contributed by atoms with Crippen molar-refractivity contribution in [3.05, 3.63) is 0 Å². The van der Waals surface area contributed by atoms with Gasteiger partial charge in [0.1, 0.15) is 0 Å². The smallest absolute Gasteiger partial charge is 0.228 e. The fraction of sp³-hybridized carbons (Fsp3) is 0.938. The van der Waals surface area contributed by atoms with E-state index in [-0.39, 0.29) is 5.41 Å². The number of nitrogens with zero attached hydrogens (tertiary/aromatic N) is 1. The fourth-order valence-electron chi connectivity index (χ4n) is 3.61. The van der Waals surface area contributed by atoms with Crippen molar-refractivity contribution >= 4 is 5.91 Å². The van der Waals surface area contributed by atoms with Gasteiger partial charge in [-0.15, -0.1) is 0 Å². The second kappa shape index (κ2) is 5.82. The number of hydrogen-bond donors (Lipinski definition) is 1. The molecule has 19 heavy (non-hydrogen) atoms. The van der Waals surface area contributed by atoms with Crippen LogP contribution in [0.5, 0.6) is 0 Å². The van der Waals surface area contributed by atoms with Crippen molar-refractivity contribution in [1.82, 2.24) is 10.2 Å². The maximum absolute atomic E-state index is 13.0. The van der Waals surface area contributed by atoms with E-state index in [1.165, 1.54) is 0 Å². The molecule has 2 heterocycles.